The Morgan fingerprint density at radius 1 is 1.17 bits per heavy atom. The van der Waals surface area contributed by atoms with Crippen LogP contribution in [-0.2, 0) is 6.42 Å². The van der Waals surface area contributed by atoms with Gasteiger partial charge in [-0.05, 0) is 58.5 Å². The van der Waals surface area contributed by atoms with Crippen LogP contribution in [-0.4, -0.2) is 31.1 Å². The molecule has 0 aromatic heterocycles. The summed E-state index contributed by atoms with van der Waals surface area (Å²) >= 11 is 3.71. The van der Waals surface area contributed by atoms with Crippen LogP contribution in [0.4, 0.5) is 0 Å². The maximum absolute atomic E-state index is 6.29. The van der Waals surface area contributed by atoms with Crippen molar-refractivity contribution in [3.63, 3.8) is 0 Å². The molecular weight excluding hydrogens is 290 g/mol. The number of halogens is 1. The number of nitrogens with zero attached hydrogens (tertiary/aromatic N) is 1. The van der Waals surface area contributed by atoms with Crippen molar-refractivity contribution < 1.29 is 4.74 Å². The first-order valence-corrected chi connectivity index (χ1v) is 7.16. The van der Waals surface area contributed by atoms with Crippen molar-refractivity contribution >= 4 is 15.9 Å². The number of likely N-dealkylation sites (N-methyl/N-ethyl adjacent to an activating group) is 1. The van der Waals surface area contributed by atoms with Crippen molar-refractivity contribution in [2.45, 2.75) is 39.7 Å². The minimum Gasteiger partial charge on any atom is -0.485 e. The Bertz CT molecular complexity index is 457. The van der Waals surface area contributed by atoms with E-state index in [1.807, 2.05) is 0 Å². The predicted molar refractivity (Wildman–Crippen MR) is 79.6 cm³/mol. The van der Waals surface area contributed by atoms with Crippen molar-refractivity contribution in [1.29, 1.82) is 0 Å². The molecule has 1 aliphatic rings. The minimum absolute atomic E-state index is 0.103. The lowest BCUT2D eigenvalue weighted by atomic mass is 9.93. The third-order valence-corrected chi connectivity index (χ3v) is 5.03. The Labute approximate surface area is 118 Å². The van der Waals surface area contributed by atoms with Gasteiger partial charge in [0.25, 0.3) is 0 Å². The minimum atomic E-state index is -0.103. The van der Waals surface area contributed by atoms with Crippen molar-refractivity contribution in [1.82, 2.24) is 4.90 Å². The maximum atomic E-state index is 6.29. The summed E-state index contributed by atoms with van der Waals surface area (Å²) in [6.07, 6.45) is 0.992. The van der Waals surface area contributed by atoms with E-state index in [4.69, 9.17) is 4.74 Å². The number of ether oxygens (including phenoxy) is 1. The average molecular weight is 312 g/mol. The van der Waals surface area contributed by atoms with E-state index in [2.05, 4.69) is 62.6 Å². The Kier molecular flexibility index (Phi) is 3.50. The largest absolute Gasteiger partial charge is 0.485 e. The lowest BCUT2D eigenvalue weighted by Crippen LogP contribution is -2.41. The van der Waals surface area contributed by atoms with E-state index in [0.717, 1.165) is 18.7 Å². The van der Waals surface area contributed by atoms with Gasteiger partial charge in [0.2, 0.25) is 0 Å². The fraction of sp³-hybridized carbons (Fsp3) is 0.600. The molecule has 0 N–H and O–H groups in total. The highest BCUT2D eigenvalue weighted by molar-refractivity contribution is 9.10. The standard InChI is InChI=1S/C15H22BrNO/c1-9-10(2)14-12(11(3)13(9)16)7-15(4,18-14)8-17(5)6/h7-8H2,1-6H3. The van der Waals surface area contributed by atoms with Crippen LogP contribution >= 0.6 is 15.9 Å². The van der Waals surface area contributed by atoms with Crippen molar-refractivity contribution in [3.8, 4) is 5.75 Å². The highest BCUT2D eigenvalue weighted by Crippen LogP contribution is 2.44. The first-order chi connectivity index (χ1) is 8.25. The third-order valence-electron chi connectivity index (χ3n) is 3.84. The third kappa shape index (κ3) is 2.19. The number of hydrogen-bond donors (Lipinski definition) is 0. The number of benzene rings is 1. The zero-order valence-electron chi connectivity index (χ0n) is 12.1. The lowest BCUT2D eigenvalue weighted by molar-refractivity contribution is 0.0816. The van der Waals surface area contributed by atoms with Crippen LogP contribution in [0, 0.1) is 20.8 Å². The molecule has 3 heteroatoms. The number of rotatable bonds is 2. The van der Waals surface area contributed by atoms with Crippen LogP contribution in [0.25, 0.3) is 0 Å². The molecule has 2 nitrogen and oxygen atoms in total. The van der Waals surface area contributed by atoms with Gasteiger partial charge in [0.1, 0.15) is 11.4 Å². The van der Waals surface area contributed by atoms with Crippen molar-refractivity contribution in [2.24, 2.45) is 0 Å². The molecule has 0 aliphatic carbocycles. The molecule has 0 fully saturated rings. The molecule has 0 spiro atoms. The van der Waals surface area contributed by atoms with E-state index in [1.54, 1.807) is 0 Å². The monoisotopic (exact) mass is 311 g/mol. The Morgan fingerprint density at radius 3 is 2.33 bits per heavy atom. The van der Waals surface area contributed by atoms with E-state index < -0.39 is 0 Å². The van der Waals surface area contributed by atoms with Gasteiger partial charge in [-0.1, -0.05) is 15.9 Å². The van der Waals surface area contributed by atoms with Gasteiger partial charge in [-0.25, -0.2) is 0 Å². The Morgan fingerprint density at radius 2 is 1.78 bits per heavy atom. The molecule has 1 aromatic rings. The summed E-state index contributed by atoms with van der Waals surface area (Å²) in [4.78, 5) is 2.19. The van der Waals surface area contributed by atoms with E-state index in [-0.39, 0.29) is 5.60 Å². The first kappa shape index (κ1) is 13.9. The van der Waals surface area contributed by atoms with E-state index in [9.17, 15) is 0 Å². The van der Waals surface area contributed by atoms with E-state index in [0.29, 0.717) is 0 Å². The van der Waals surface area contributed by atoms with Crippen LogP contribution < -0.4 is 4.74 Å². The summed E-state index contributed by atoms with van der Waals surface area (Å²) in [6.45, 7) is 9.63. The van der Waals surface area contributed by atoms with Crippen LogP contribution in [0.5, 0.6) is 5.75 Å². The molecule has 100 valence electrons. The lowest BCUT2D eigenvalue weighted by Gasteiger charge is -2.27. The smallest absolute Gasteiger partial charge is 0.127 e. The number of fused-ring (bicyclic) bond motifs is 1. The molecule has 1 heterocycles. The fourth-order valence-electron chi connectivity index (χ4n) is 2.91. The normalized spacial score (nSPS) is 22.2. The van der Waals surface area contributed by atoms with Crippen molar-refractivity contribution in [3.05, 3.63) is 26.7 Å². The van der Waals surface area contributed by atoms with Gasteiger partial charge in [-0.3, -0.25) is 0 Å². The molecule has 1 unspecified atom stereocenters. The predicted octanol–water partition coefficient (Wildman–Crippen LogP) is 3.63. The van der Waals surface area contributed by atoms with Crippen molar-refractivity contribution in [2.75, 3.05) is 20.6 Å². The van der Waals surface area contributed by atoms with Gasteiger partial charge in [0, 0.05) is 23.0 Å². The average Bonchev–Trinajstić information content (AvgIpc) is 2.60. The summed E-state index contributed by atoms with van der Waals surface area (Å²) in [7, 11) is 4.19. The second-order valence-corrected chi connectivity index (χ2v) is 6.76. The maximum Gasteiger partial charge on any atom is 0.127 e. The molecule has 1 atom stereocenters. The van der Waals surface area contributed by atoms with Gasteiger partial charge in [-0.2, -0.15) is 0 Å². The molecule has 1 aromatic carbocycles. The molecule has 0 saturated heterocycles. The Hall–Kier alpha value is -0.540. The molecule has 0 bridgehead atoms. The van der Waals surface area contributed by atoms with Gasteiger partial charge in [0.05, 0.1) is 0 Å². The highest BCUT2D eigenvalue weighted by atomic mass is 79.9. The summed E-state index contributed by atoms with van der Waals surface area (Å²) in [6, 6.07) is 0. The number of hydrogen-bond acceptors (Lipinski definition) is 2. The SMILES string of the molecule is Cc1c(C)c2c(c(C)c1Br)CC(C)(CN(C)C)O2. The molecule has 18 heavy (non-hydrogen) atoms. The zero-order chi connectivity index (χ0) is 13.7. The summed E-state index contributed by atoms with van der Waals surface area (Å²) in [5.74, 6) is 1.11. The highest BCUT2D eigenvalue weighted by Gasteiger charge is 2.38. The first-order valence-electron chi connectivity index (χ1n) is 6.37. The van der Waals surface area contributed by atoms with Gasteiger partial charge in [-0.15, -0.1) is 0 Å². The summed E-state index contributed by atoms with van der Waals surface area (Å²) in [5.41, 5.74) is 5.16. The van der Waals surface area contributed by atoms with Crippen LogP contribution in [0.2, 0.25) is 0 Å². The molecule has 1 aliphatic heterocycles. The van der Waals surface area contributed by atoms with E-state index in [1.165, 1.54) is 26.7 Å². The zero-order valence-corrected chi connectivity index (χ0v) is 13.7. The quantitative estimate of drug-likeness (QED) is 0.827. The second-order valence-electron chi connectivity index (χ2n) is 5.96. The summed E-state index contributed by atoms with van der Waals surface area (Å²) < 4.78 is 7.52. The van der Waals surface area contributed by atoms with Gasteiger partial charge >= 0.3 is 0 Å². The second kappa shape index (κ2) is 4.53. The van der Waals surface area contributed by atoms with E-state index >= 15 is 0 Å². The van der Waals surface area contributed by atoms with Crippen LogP contribution in [0.3, 0.4) is 0 Å². The summed E-state index contributed by atoms with van der Waals surface area (Å²) in [5, 5.41) is 0. The fourth-order valence-corrected chi connectivity index (χ4v) is 3.45. The Balaban J connectivity index is 2.47. The van der Waals surface area contributed by atoms with Gasteiger partial charge in [0.15, 0.2) is 0 Å². The molecular formula is C15H22BrNO. The molecule has 0 saturated carbocycles. The topological polar surface area (TPSA) is 12.5 Å². The van der Waals surface area contributed by atoms with Gasteiger partial charge < -0.3 is 9.64 Å². The molecule has 0 radical (unpaired) electrons. The molecule has 2 rings (SSSR count). The molecule has 0 amide bonds. The van der Waals surface area contributed by atoms with Crippen LogP contribution in [0.15, 0.2) is 4.47 Å². The van der Waals surface area contributed by atoms with Crippen LogP contribution in [0.1, 0.15) is 29.2 Å².